The second kappa shape index (κ2) is 6.16. The maximum atomic E-state index is 5.13. The van der Waals surface area contributed by atoms with Crippen molar-refractivity contribution >= 4 is 11.8 Å². The van der Waals surface area contributed by atoms with Crippen LogP contribution in [0.1, 0.15) is 12.0 Å². The minimum Gasteiger partial charge on any atom is -0.497 e. The predicted molar refractivity (Wildman–Crippen MR) is 70.1 cm³/mol. The number of methoxy groups -OCH3 is 1. The third-order valence-electron chi connectivity index (χ3n) is 2.95. The van der Waals surface area contributed by atoms with Gasteiger partial charge in [0.25, 0.3) is 0 Å². The van der Waals surface area contributed by atoms with Crippen molar-refractivity contribution in [3.05, 3.63) is 29.8 Å². The fourth-order valence-electron chi connectivity index (χ4n) is 1.91. The van der Waals surface area contributed by atoms with Crippen molar-refractivity contribution in [1.82, 2.24) is 5.32 Å². The Morgan fingerprint density at radius 2 is 2.19 bits per heavy atom. The van der Waals surface area contributed by atoms with Crippen molar-refractivity contribution < 1.29 is 4.74 Å². The van der Waals surface area contributed by atoms with Crippen LogP contribution < -0.4 is 10.1 Å². The Morgan fingerprint density at radius 1 is 1.38 bits per heavy atom. The summed E-state index contributed by atoms with van der Waals surface area (Å²) in [7, 11) is 1.70. The van der Waals surface area contributed by atoms with Crippen LogP contribution in [0.2, 0.25) is 0 Å². The molecule has 1 heterocycles. The van der Waals surface area contributed by atoms with Crippen LogP contribution in [-0.2, 0) is 6.54 Å². The Labute approximate surface area is 102 Å². The molecule has 1 aromatic rings. The maximum Gasteiger partial charge on any atom is 0.118 e. The minimum atomic E-state index is 0.878. The summed E-state index contributed by atoms with van der Waals surface area (Å²) >= 11 is 2.08. The van der Waals surface area contributed by atoms with E-state index in [1.807, 2.05) is 12.1 Å². The predicted octanol–water partition coefficient (Wildman–Crippen LogP) is 2.54. The van der Waals surface area contributed by atoms with Gasteiger partial charge in [-0.15, -0.1) is 0 Å². The van der Waals surface area contributed by atoms with Crippen LogP contribution in [0.4, 0.5) is 0 Å². The van der Waals surface area contributed by atoms with Gasteiger partial charge in [-0.2, -0.15) is 11.8 Å². The number of nitrogens with one attached hydrogen (secondary N) is 1. The summed E-state index contributed by atoms with van der Waals surface area (Å²) in [5, 5.41) is 3.53. The second-order valence-corrected chi connectivity index (χ2v) is 5.36. The zero-order valence-corrected chi connectivity index (χ0v) is 10.6. The van der Waals surface area contributed by atoms with E-state index >= 15 is 0 Å². The molecular formula is C13H19NOS. The van der Waals surface area contributed by atoms with Crippen molar-refractivity contribution in [3.63, 3.8) is 0 Å². The summed E-state index contributed by atoms with van der Waals surface area (Å²) in [6.45, 7) is 2.12. The molecule has 0 bridgehead atoms. The molecule has 16 heavy (non-hydrogen) atoms. The van der Waals surface area contributed by atoms with E-state index in [0.717, 1.165) is 24.8 Å². The SMILES string of the molecule is COc1ccc(CNCC2CCSC2)cc1. The molecule has 0 amide bonds. The molecule has 0 spiro atoms. The molecule has 0 aliphatic carbocycles. The van der Waals surface area contributed by atoms with Gasteiger partial charge < -0.3 is 10.1 Å². The molecule has 1 saturated heterocycles. The van der Waals surface area contributed by atoms with Gasteiger partial charge in [-0.05, 0) is 48.1 Å². The maximum absolute atomic E-state index is 5.13. The van der Waals surface area contributed by atoms with Crippen LogP contribution in [-0.4, -0.2) is 25.2 Å². The largest absolute Gasteiger partial charge is 0.497 e. The number of hydrogen-bond donors (Lipinski definition) is 1. The highest BCUT2D eigenvalue weighted by Crippen LogP contribution is 2.22. The molecule has 1 aliphatic rings. The highest BCUT2D eigenvalue weighted by molar-refractivity contribution is 7.99. The lowest BCUT2D eigenvalue weighted by molar-refractivity contribution is 0.414. The minimum absolute atomic E-state index is 0.878. The van der Waals surface area contributed by atoms with Crippen molar-refractivity contribution in [2.24, 2.45) is 5.92 Å². The van der Waals surface area contributed by atoms with E-state index in [1.54, 1.807) is 7.11 Å². The van der Waals surface area contributed by atoms with E-state index in [9.17, 15) is 0 Å². The van der Waals surface area contributed by atoms with Gasteiger partial charge in [-0.25, -0.2) is 0 Å². The normalized spacial score (nSPS) is 19.9. The quantitative estimate of drug-likeness (QED) is 0.850. The van der Waals surface area contributed by atoms with Gasteiger partial charge in [-0.1, -0.05) is 12.1 Å². The van der Waals surface area contributed by atoms with Crippen LogP contribution in [0.3, 0.4) is 0 Å². The van der Waals surface area contributed by atoms with E-state index < -0.39 is 0 Å². The van der Waals surface area contributed by atoms with Gasteiger partial charge in [0.2, 0.25) is 0 Å². The average Bonchev–Trinajstić information content (AvgIpc) is 2.83. The van der Waals surface area contributed by atoms with Crippen LogP contribution in [0.15, 0.2) is 24.3 Å². The van der Waals surface area contributed by atoms with Gasteiger partial charge in [0.1, 0.15) is 5.75 Å². The molecule has 1 aliphatic heterocycles. The van der Waals surface area contributed by atoms with Gasteiger partial charge in [0.15, 0.2) is 0 Å². The number of hydrogen-bond acceptors (Lipinski definition) is 3. The topological polar surface area (TPSA) is 21.3 Å². The lowest BCUT2D eigenvalue weighted by Gasteiger charge is -2.10. The van der Waals surface area contributed by atoms with E-state index in [-0.39, 0.29) is 0 Å². The van der Waals surface area contributed by atoms with Crippen LogP contribution in [0.25, 0.3) is 0 Å². The number of ether oxygens (including phenoxy) is 1. The molecule has 2 nitrogen and oxygen atoms in total. The first-order valence-electron chi connectivity index (χ1n) is 5.80. The van der Waals surface area contributed by atoms with Gasteiger partial charge in [-0.3, -0.25) is 0 Å². The standard InChI is InChI=1S/C13H19NOS/c1-15-13-4-2-11(3-5-13)8-14-9-12-6-7-16-10-12/h2-5,12,14H,6-10H2,1H3. The number of thioether (sulfide) groups is 1. The zero-order chi connectivity index (χ0) is 11.2. The van der Waals surface area contributed by atoms with E-state index in [4.69, 9.17) is 4.74 Å². The first kappa shape index (κ1) is 11.8. The Bertz CT molecular complexity index is 306. The van der Waals surface area contributed by atoms with Crippen molar-refractivity contribution in [2.45, 2.75) is 13.0 Å². The molecule has 0 radical (unpaired) electrons. The third-order valence-corrected chi connectivity index (χ3v) is 4.18. The summed E-state index contributed by atoms with van der Waals surface area (Å²) in [4.78, 5) is 0. The molecule has 1 N–H and O–H groups in total. The highest BCUT2D eigenvalue weighted by atomic mass is 32.2. The molecule has 0 aromatic heterocycles. The molecule has 2 rings (SSSR count). The first-order valence-corrected chi connectivity index (χ1v) is 6.95. The van der Waals surface area contributed by atoms with Gasteiger partial charge in [0, 0.05) is 6.54 Å². The van der Waals surface area contributed by atoms with E-state index in [2.05, 4.69) is 29.2 Å². The summed E-state index contributed by atoms with van der Waals surface area (Å²) < 4.78 is 5.13. The van der Waals surface area contributed by atoms with Crippen molar-refractivity contribution in [3.8, 4) is 5.75 Å². The van der Waals surface area contributed by atoms with Gasteiger partial charge in [0.05, 0.1) is 7.11 Å². The summed E-state index contributed by atoms with van der Waals surface area (Å²) in [6, 6.07) is 8.27. The number of rotatable bonds is 5. The Kier molecular flexibility index (Phi) is 4.55. The molecule has 3 heteroatoms. The van der Waals surface area contributed by atoms with Crippen LogP contribution >= 0.6 is 11.8 Å². The summed E-state index contributed by atoms with van der Waals surface area (Å²) in [5.41, 5.74) is 1.33. The number of benzene rings is 1. The highest BCUT2D eigenvalue weighted by Gasteiger charge is 2.14. The summed E-state index contributed by atoms with van der Waals surface area (Å²) in [6.07, 6.45) is 1.38. The van der Waals surface area contributed by atoms with Crippen molar-refractivity contribution in [2.75, 3.05) is 25.2 Å². The third kappa shape index (κ3) is 3.42. The fraction of sp³-hybridized carbons (Fsp3) is 0.538. The molecule has 88 valence electrons. The Morgan fingerprint density at radius 3 is 2.81 bits per heavy atom. The van der Waals surface area contributed by atoms with E-state index in [0.29, 0.717) is 0 Å². The molecule has 1 aromatic carbocycles. The molecule has 0 saturated carbocycles. The van der Waals surface area contributed by atoms with Gasteiger partial charge >= 0.3 is 0 Å². The molecule has 1 atom stereocenters. The van der Waals surface area contributed by atoms with Crippen molar-refractivity contribution in [1.29, 1.82) is 0 Å². The first-order chi connectivity index (χ1) is 7.88. The lowest BCUT2D eigenvalue weighted by atomic mass is 10.1. The Hall–Kier alpha value is -0.670. The molecule has 1 unspecified atom stereocenters. The average molecular weight is 237 g/mol. The smallest absolute Gasteiger partial charge is 0.118 e. The van der Waals surface area contributed by atoms with E-state index in [1.165, 1.54) is 23.5 Å². The van der Waals surface area contributed by atoms with Crippen LogP contribution in [0, 0.1) is 5.92 Å². The van der Waals surface area contributed by atoms with Crippen LogP contribution in [0.5, 0.6) is 5.75 Å². The second-order valence-electron chi connectivity index (χ2n) is 4.21. The zero-order valence-electron chi connectivity index (χ0n) is 9.74. The fourth-order valence-corrected chi connectivity index (χ4v) is 3.19. The monoisotopic (exact) mass is 237 g/mol. The Balaban J connectivity index is 1.71. The molecule has 1 fully saturated rings. The lowest BCUT2D eigenvalue weighted by Crippen LogP contribution is -2.22. The molecular weight excluding hydrogens is 218 g/mol. The summed E-state index contributed by atoms with van der Waals surface area (Å²) in [5.74, 6) is 4.48.